The van der Waals surface area contributed by atoms with Gasteiger partial charge < -0.3 is 4.74 Å². The number of anilines is 1. The van der Waals surface area contributed by atoms with Crippen LogP contribution < -0.4 is 9.46 Å². The van der Waals surface area contributed by atoms with E-state index in [4.69, 9.17) is 4.74 Å². The third-order valence-corrected chi connectivity index (χ3v) is 5.18. The molecule has 0 heterocycles. The van der Waals surface area contributed by atoms with Gasteiger partial charge in [0.25, 0.3) is 10.0 Å². The van der Waals surface area contributed by atoms with Crippen LogP contribution >= 0.6 is 15.9 Å². The first-order valence-corrected chi connectivity index (χ1v) is 9.63. The first-order valence-electron chi connectivity index (χ1n) is 7.35. The van der Waals surface area contributed by atoms with Crippen LogP contribution in [0.2, 0.25) is 0 Å². The lowest BCUT2D eigenvalue weighted by Gasteiger charge is -2.12. The molecule has 23 heavy (non-hydrogen) atoms. The monoisotopic (exact) mass is 397 g/mol. The average molecular weight is 398 g/mol. The molecule has 2 aromatic carbocycles. The van der Waals surface area contributed by atoms with Crippen LogP contribution in [0, 0.1) is 13.8 Å². The van der Waals surface area contributed by atoms with E-state index in [0.29, 0.717) is 18.0 Å². The van der Waals surface area contributed by atoms with E-state index in [9.17, 15) is 8.42 Å². The van der Waals surface area contributed by atoms with Crippen molar-refractivity contribution in [2.45, 2.75) is 32.1 Å². The lowest BCUT2D eigenvalue weighted by molar-refractivity contribution is 0.314. The van der Waals surface area contributed by atoms with Crippen LogP contribution in [0.15, 0.2) is 45.8 Å². The zero-order valence-electron chi connectivity index (χ0n) is 13.4. The number of rotatable bonds is 6. The number of hydrogen-bond donors (Lipinski definition) is 1. The molecule has 0 radical (unpaired) electrons. The molecule has 0 aliphatic heterocycles. The topological polar surface area (TPSA) is 55.4 Å². The van der Waals surface area contributed by atoms with Crippen LogP contribution in [0.4, 0.5) is 5.69 Å². The molecule has 0 aliphatic carbocycles. The van der Waals surface area contributed by atoms with E-state index in [1.165, 1.54) is 6.07 Å². The van der Waals surface area contributed by atoms with Gasteiger partial charge in [-0.1, -0.05) is 13.0 Å². The summed E-state index contributed by atoms with van der Waals surface area (Å²) in [7, 11) is -3.66. The standard InChI is InChI=1S/C17H20BrNO3S/c1-4-7-22-17-11-15(5-6-16(17)18)23(20,21)19-14-9-12(2)8-13(3)10-14/h5-6,8-11,19H,4,7H2,1-3H3. The van der Waals surface area contributed by atoms with Gasteiger partial charge in [0.15, 0.2) is 0 Å². The second-order valence-corrected chi connectivity index (χ2v) is 7.96. The summed E-state index contributed by atoms with van der Waals surface area (Å²) >= 11 is 3.37. The van der Waals surface area contributed by atoms with Crippen LogP contribution in [-0.4, -0.2) is 15.0 Å². The first kappa shape index (κ1) is 17.8. The lowest BCUT2D eigenvalue weighted by atomic mass is 10.1. The van der Waals surface area contributed by atoms with Crippen molar-refractivity contribution in [2.75, 3.05) is 11.3 Å². The van der Waals surface area contributed by atoms with Gasteiger partial charge in [-0.25, -0.2) is 8.42 Å². The summed E-state index contributed by atoms with van der Waals surface area (Å²) in [6.07, 6.45) is 0.851. The highest BCUT2D eigenvalue weighted by atomic mass is 79.9. The molecule has 1 N–H and O–H groups in total. The fourth-order valence-electron chi connectivity index (χ4n) is 2.22. The van der Waals surface area contributed by atoms with E-state index in [0.717, 1.165) is 22.0 Å². The predicted octanol–water partition coefficient (Wildman–Crippen LogP) is 4.66. The lowest BCUT2D eigenvalue weighted by Crippen LogP contribution is -2.13. The molecular weight excluding hydrogens is 378 g/mol. The molecule has 0 atom stereocenters. The van der Waals surface area contributed by atoms with Gasteiger partial charge in [-0.2, -0.15) is 0 Å². The number of aryl methyl sites for hydroxylation is 2. The zero-order valence-corrected chi connectivity index (χ0v) is 15.8. The molecule has 0 unspecified atom stereocenters. The number of ether oxygens (including phenoxy) is 1. The minimum atomic E-state index is -3.66. The molecule has 2 aromatic rings. The zero-order chi connectivity index (χ0) is 17.0. The van der Waals surface area contributed by atoms with Crippen LogP contribution in [-0.2, 0) is 10.0 Å². The summed E-state index contributed by atoms with van der Waals surface area (Å²) in [6, 6.07) is 10.4. The van der Waals surface area contributed by atoms with Gasteiger partial charge in [-0.15, -0.1) is 0 Å². The Bertz CT molecular complexity index is 783. The fourth-order valence-corrected chi connectivity index (χ4v) is 3.64. The maximum absolute atomic E-state index is 12.6. The van der Waals surface area contributed by atoms with Gasteiger partial charge in [0.05, 0.1) is 16.0 Å². The Morgan fingerprint density at radius 3 is 2.35 bits per heavy atom. The molecule has 4 nitrogen and oxygen atoms in total. The molecular formula is C17H20BrNO3S. The summed E-state index contributed by atoms with van der Waals surface area (Å²) < 4.78 is 34.1. The Morgan fingerprint density at radius 2 is 1.74 bits per heavy atom. The largest absolute Gasteiger partial charge is 0.492 e. The van der Waals surface area contributed by atoms with Gasteiger partial charge in [0.2, 0.25) is 0 Å². The highest BCUT2D eigenvalue weighted by molar-refractivity contribution is 9.10. The molecule has 0 fully saturated rings. The Labute approximate surface area is 146 Å². The molecule has 0 saturated carbocycles. The Morgan fingerprint density at radius 1 is 1.09 bits per heavy atom. The first-order chi connectivity index (χ1) is 10.8. The quantitative estimate of drug-likeness (QED) is 0.770. The van der Waals surface area contributed by atoms with Crippen molar-refractivity contribution in [2.24, 2.45) is 0 Å². The van der Waals surface area contributed by atoms with E-state index in [-0.39, 0.29) is 4.90 Å². The highest BCUT2D eigenvalue weighted by Gasteiger charge is 2.17. The Balaban J connectivity index is 2.32. The summed E-state index contributed by atoms with van der Waals surface area (Å²) in [4.78, 5) is 0.172. The molecule has 6 heteroatoms. The number of nitrogens with one attached hydrogen (secondary N) is 1. The van der Waals surface area contributed by atoms with Crippen molar-refractivity contribution >= 4 is 31.6 Å². The minimum absolute atomic E-state index is 0.172. The molecule has 0 saturated heterocycles. The van der Waals surface area contributed by atoms with Crippen molar-refractivity contribution in [3.8, 4) is 5.75 Å². The summed E-state index contributed by atoms with van der Waals surface area (Å²) in [5, 5.41) is 0. The molecule has 0 bridgehead atoms. The van der Waals surface area contributed by atoms with Crippen molar-refractivity contribution in [3.05, 3.63) is 52.0 Å². The van der Waals surface area contributed by atoms with Gasteiger partial charge in [0, 0.05) is 11.8 Å². The van der Waals surface area contributed by atoms with Crippen LogP contribution in [0.1, 0.15) is 24.5 Å². The van der Waals surface area contributed by atoms with Crippen LogP contribution in [0.25, 0.3) is 0 Å². The molecule has 0 amide bonds. The molecule has 0 spiro atoms. The average Bonchev–Trinajstić information content (AvgIpc) is 2.44. The van der Waals surface area contributed by atoms with Crippen LogP contribution in [0.3, 0.4) is 0 Å². The number of sulfonamides is 1. The summed E-state index contributed by atoms with van der Waals surface area (Å²) in [5.41, 5.74) is 2.57. The second-order valence-electron chi connectivity index (χ2n) is 5.42. The van der Waals surface area contributed by atoms with Crippen molar-refractivity contribution in [1.82, 2.24) is 0 Å². The van der Waals surface area contributed by atoms with Crippen molar-refractivity contribution < 1.29 is 13.2 Å². The van der Waals surface area contributed by atoms with Gasteiger partial charge in [-0.05, 0) is 71.6 Å². The van der Waals surface area contributed by atoms with E-state index in [1.54, 1.807) is 24.3 Å². The Kier molecular flexibility index (Phi) is 5.70. The smallest absolute Gasteiger partial charge is 0.262 e. The number of benzene rings is 2. The van der Waals surface area contributed by atoms with E-state index >= 15 is 0 Å². The SMILES string of the molecule is CCCOc1cc(S(=O)(=O)Nc2cc(C)cc(C)c2)ccc1Br. The number of halogens is 1. The normalized spacial score (nSPS) is 11.3. The van der Waals surface area contributed by atoms with E-state index in [2.05, 4.69) is 20.7 Å². The van der Waals surface area contributed by atoms with Gasteiger partial charge in [-0.3, -0.25) is 4.72 Å². The maximum Gasteiger partial charge on any atom is 0.262 e. The van der Waals surface area contributed by atoms with E-state index < -0.39 is 10.0 Å². The maximum atomic E-state index is 12.6. The molecule has 0 aromatic heterocycles. The third kappa shape index (κ3) is 4.72. The second kappa shape index (κ2) is 7.36. The minimum Gasteiger partial charge on any atom is -0.492 e. The summed E-state index contributed by atoms with van der Waals surface area (Å²) in [5.74, 6) is 0.523. The molecule has 124 valence electrons. The van der Waals surface area contributed by atoms with Gasteiger partial charge >= 0.3 is 0 Å². The molecule has 0 aliphatic rings. The Hall–Kier alpha value is -1.53. The third-order valence-electron chi connectivity index (χ3n) is 3.15. The molecule has 2 rings (SSSR count). The van der Waals surface area contributed by atoms with Crippen molar-refractivity contribution in [1.29, 1.82) is 0 Å². The fraction of sp³-hybridized carbons (Fsp3) is 0.294. The highest BCUT2D eigenvalue weighted by Crippen LogP contribution is 2.29. The van der Waals surface area contributed by atoms with Crippen molar-refractivity contribution in [3.63, 3.8) is 0 Å². The predicted molar refractivity (Wildman–Crippen MR) is 96.7 cm³/mol. The number of hydrogen-bond acceptors (Lipinski definition) is 3. The summed E-state index contributed by atoms with van der Waals surface area (Å²) in [6.45, 7) is 6.39. The van der Waals surface area contributed by atoms with Gasteiger partial charge in [0.1, 0.15) is 5.75 Å². The van der Waals surface area contributed by atoms with Crippen LogP contribution in [0.5, 0.6) is 5.75 Å². The van der Waals surface area contributed by atoms with E-state index in [1.807, 2.05) is 26.8 Å².